The lowest BCUT2D eigenvalue weighted by molar-refractivity contribution is 0.0274. The first kappa shape index (κ1) is 13.0. The topological polar surface area (TPSA) is 76.4 Å². The molecule has 2 N–H and O–H groups in total. The van der Waals surface area contributed by atoms with E-state index in [1.807, 2.05) is 0 Å². The molecule has 0 saturated carbocycles. The van der Waals surface area contributed by atoms with E-state index < -0.39 is 5.97 Å². The van der Waals surface area contributed by atoms with Gasteiger partial charge >= 0.3 is 5.97 Å². The predicted molar refractivity (Wildman–Crippen MR) is 65.5 cm³/mol. The molecule has 1 aliphatic heterocycles. The van der Waals surface area contributed by atoms with Crippen molar-refractivity contribution in [3.05, 3.63) is 17.5 Å². The fraction of sp³-hybridized carbons (Fsp3) is 0.667. The highest BCUT2D eigenvalue weighted by Gasteiger charge is 2.28. The van der Waals surface area contributed by atoms with Crippen molar-refractivity contribution in [2.45, 2.75) is 31.8 Å². The number of nitrogens with one attached hydrogen (secondary N) is 1. The fourth-order valence-electron chi connectivity index (χ4n) is 2.22. The number of carboxylic acid groups (broad SMARTS) is 1. The molecule has 2 heterocycles. The van der Waals surface area contributed by atoms with Crippen molar-refractivity contribution in [2.75, 3.05) is 13.2 Å². The summed E-state index contributed by atoms with van der Waals surface area (Å²) in [6.07, 6.45) is 3.45. The van der Waals surface area contributed by atoms with E-state index in [4.69, 9.17) is 9.84 Å². The van der Waals surface area contributed by atoms with E-state index in [0.717, 1.165) is 19.4 Å². The first-order valence-corrected chi connectivity index (χ1v) is 6.09. The summed E-state index contributed by atoms with van der Waals surface area (Å²) in [7, 11) is 1.75. The molecule has 0 bridgehead atoms. The van der Waals surface area contributed by atoms with Gasteiger partial charge in [0, 0.05) is 25.7 Å². The lowest BCUT2D eigenvalue weighted by Gasteiger charge is -2.34. The molecule has 1 fully saturated rings. The van der Waals surface area contributed by atoms with Crippen molar-refractivity contribution in [1.29, 1.82) is 0 Å². The molecule has 0 aliphatic carbocycles. The number of hydrogen-bond donors (Lipinski definition) is 2. The number of aromatic nitrogens is 2. The van der Waals surface area contributed by atoms with Gasteiger partial charge in [0.2, 0.25) is 0 Å². The predicted octanol–water partition coefficient (Wildman–Crippen LogP) is 0.777. The molecule has 1 aromatic heterocycles. The van der Waals surface area contributed by atoms with E-state index in [-0.39, 0.29) is 11.1 Å². The Bertz CT molecular complexity index is 436. The van der Waals surface area contributed by atoms with Crippen LogP contribution in [0.3, 0.4) is 0 Å². The van der Waals surface area contributed by atoms with Crippen LogP contribution in [0.15, 0.2) is 6.20 Å². The number of ether oxygens (including phenoxy) is 1. The Balaban J connectivity index is 2.05. The Hall–Kier alpha value is -1.40. The lowest BCUT2D eigenvalue weighted by Crippen LogP contribution is -2.48. The van der Waals surface area contributed by atoms with Crippen LogP contribution in [0.5, 0.6) is 0 Å². The van der Waals surface area contributed by atoms with Crippen molar-refractivity contribution in [3.63, 3.8) is 0 Å². The molecule has 1 unspecified atom stereocenters. The van der Waals surface area contributed by atoms with Crippen molar-refractivity contribution in [1.82, 2.24) is 15.1 Å². The van der Waals surface area contributed by atoms with E-state index >= 15 is 0 Å². The smallest absolute Gasteiger partial charge is 0.339 e. The Morgan fingerprint density at radius 2 is 2.50 bits per heavy atom. The van der Waals surface area contributed by atoms with Crippen molar-refractivity contribution in [3.8, 4) is 0 Å². The van der Waals surface area contributed by atoms with E-state index in [0.29, 0.717) is 18.8 Å². The van der Waals surface area contributed by atoms with E-state index in [1.54, 1.807) is 11.7 Å². The molecule has 100 valence electrons. The van der Waals surface area contributed by atoms with E-state index in [9.17, 15) is 4.79 Å². The van der Waals surface area contributed by atoms with Crippen LogP contribution in [-0.2, 0) is 18.3 Å². The largest absolute Gasteiger partial charge is 0.478 e. The summed E-state index contributed by atoms with van der Waals surface area (Å²) in [6.45, 7) is 4.05. The first-order valence-electron chi connectivity index (χ1n) is 6.09. The molecule has 1 saturated heterocycles. The maximum atomic E-state index is 11.1. The first-order chi connectivity index (χ1) is 8.52. The van der Waals surface area contributed by atoms with Crippen LogP contribution in [-0.4, -0.2) is 39.6 Å². The molecule has 1 aliphatic rings. The molecular weight excluding hydrogens is 234 g/mol. The Morgan fingerprint density at radius 1 is 1.72 bits per heavy atom. The molecule has 0 radical (unpaired) electrons. The van der Waals surface area contributed by atoms with Crippen LogP contribution < -0.4 is 5.32 Å². The summed E-state index contributed by atoms with van der Waals surface area (Å²) in [5.41, 5.74) is 0.859. The molecule has 6 heteroatoms. The molecule has 18 heavy (non-hydrogen) atoms. The quantitative estimate of drug-likeness (QED) is 0.829. The highest BCUT2D eigenvalue weighted by atomic mass is 16.5. The van der Waals surface area contributed by atoms with Gasteiger partial charge in [0.1, 0.15) is 5.56 Å². The Morgan fingerprint density at radius 3 is 3.11 bits per heavy atom. The van der Waals surface area contributed by atoms with Gasteiger partial charge in [-0.3, -0.25) is 4.68 Å². The zero-order valence-corrected chi connectivity index (χ0v) is 10.8. The van der Waals surface area contributed by atoms with Gasteiger partial charge < -0.3 is 15.2 Å². The fourth-order valence-corrected chi connectivity index (χ4v) is 2.22. The van der Waals surface area contributed by atoms with E-state index in [1.165, 1.54) is 6.20 Å². The number of carbonyl (C=O) groups is 1. The molecule has 1 aromatic rings. The van der Waals surface area contributed by atoms with Crippen LogP contribution >= 0.6 is 0 Å². The van der Waals surface area contributed by atoms with Gasteiger partial charge in [0.15, 0.2) is 0 Å². The van der Waals surface area contributed by atoms with Gasteiger partial charge in [-0.15, -0.1) is 0 Å². The number of nitrogens with zero attached hydrogens (tertiary/aromatic N) is 2. The maximum Gasteiger partial charge on any atom is 0.339 e. The van der Waals surface area contributed by atoms with Gasteiger partial charge in [-0.1, -0.05) is 0 Å². The summed E-state index contributed by atoms with van der Waals surface area (Å²) >= 11 is 0. The van der Waals surface area contributed by atoms with Crippen molar-refractivity contribution < 1.29 is 14.6 Å². The molecule has 0 amide bonds. The van der Waals surface area contributed by atoms with Crippen LogP contribution in [0.2, 0.25) is 0 Å². The van der Waals surface area contributed by atoms with Crippen LogP contribution in [0.1, 0.15) is 35.8 Å². The molecule has 2 rings (SSSR count). The third-order valence-electron chi connectivity index (χ3n) is 3.41. The average molecular weight is 253 g/mol. The zero-order valence-electron chi connectivity index (χ0n) is 10.8. The van der Waals surface area contributed by atoms with Crippen molar-refractivity contribution in [2.24, 2.45) is 7.05 Å². The summed E-state index contributed by atoms with van der Waals surface area (Å²) in [4.78, 5) is 11.1. The number of aryl methyl sites for hydroxylation is 1. The maximum absolute atomic E-state index is 11.1. The van der Waals surface area contributed by atoms with Crippen molar-refractivity contribution >= 4 is 5.97 Å². The minimum Gasteiger partial charge on any atom is -0.478 e. The minimum atomic E-state index is -0.940. The van der Waals surface area contributed by atoms with Crippen LogP contribution in [0.4, 0.5) is 0 Å². The second-order valence-electron chi connectivity index (χ2n) is 5.00. The molecule has 1 atom stereocenters. The summed E-state index contributed by atoms with van der Waals surface area (Å²) < 4.78 is 7.06. The summed E-state index contributed by atoms with van der Waals surface area (Å²) in [5, 5.41) is 16.5. The molecule has 0 spiro atoms. The third kappa shape index (κ3) is 2.70. The van der Waals surface area contributed by atoms with Crippen LogP contribution in [0, 0.1) is 0 Å². The number of carboxylic acids is 1. The SMILES string of the molecule is Cn1ncc(C(=O)O)c1CNC1(C)CCCOC1. The highest BCUT2D eigenvalue weighted by molar-refractivity contribution is 5.88. The zero-order chi connectivity index (χ0) is 13.2. The third-order valence-corrected chi connectivity index (χ3v) is 3.41. The summed E-state index contributed by atoms with van der Waals surface area (Å²) in [5.74, 6) is -0.940. The second kappa shape index (κ2) is 5.07. The number of rotatable bonds is 4. The second-order valence-corrected chi connectivity index (χ2v) is 5.00. The monoisotopic (exact) mass is 253 g/mol. The standard InChI is InChI=1S/C12H19N3O3/c1-12(4-3-5-18-8-12)13-7-10-9(11(16)17)6-14-15(10)2/h6,13H,3-5,7-8H2,1-2H3,(H,16,17). The average Bonchev–Trinajstić information content (AvgIpc) is 2.69. The Kier molecular flexibility index (Phi) is 3.68. The lowest BCUT2D eigenvalue weighted by atomic mass is 9.95. The minimum absolute atomic E-state index is 0.0850. The van der Waals surface area contributed by atoms with Crippen LogP contribution in [0.25, 0.3) is 0 Å². The summed E-state index contributed by atoms with van der Waals surface area (Å²) in [6, 6.07) is 0. The normalized spacial score (nSPS) is 24.1. The van der Waals surface area contributed by atoms with Gasteiger partial charge in [0.05, 0.1) is 18.5 Å². The number of aromatic carboxylic acids is 1. The Labute approximate surface area is 106 Å². The van der Waals surface area contributed by atoms with Gasteiger partial charge in [-0.25, -0.2) is 4.79 Å². The van der Waals surface area contributed by atoms with Gasteiger partial charge in [-0.05, 0) is 19.8 Å². The highest BCUT2D eigenvalue weighted by Crippen LogP contribution is 2.19. The van der Waals surface area contributed by atoms with E-state index in [2.05, 4.69) is 17.3 Å². The molecular formula is C12H19N3O3. The van der Waals surface area contributed by atoms with Gasteiger partial charge in [0.25, 0.3) is 0 Å². The van der Waals surface area contributed by atoms with Gasteiger partial charge in [-0.2, -0.15) is 5.10 Å². The molecule has 0 aromatic carbocycles. The molecule has 6 nitrogen and oxygen atoms in total. The number of hydrogen-bond acceptors (Lipinski definition) is 4.